The molecule has 1 saturated heterocycles. The van der Waals surface area contributed by atoms with E-state index in [9.17, 15) is 9.59 Å². The van der Waals surface area contributed by atoms with Gasteiger partial charge in [0, 0.05) is 45.2 Å². The zero-order chi connectivity index (χ0) is 19.4. The molecule has 0 atom stereocenters. The molecule has 1 aromatic carbocycles. The fourth-order valence-corrected chi connectivity index (χ4v) is 3.43. The number of anilines is 2. The summed E-state index contributed by atoms with van der Waals surface area (Å²) in [6.07, 6.45) is 1.99. The second-order valence-corrected chi connectivity index (χ2v) is 7.32. The first-order valence-electron chi connectivity index (χ1n) is 9.28. The van der Waals surface area contributed by atoms with Crippen molar-refractivity contribution < 1.29 is 4.79 Å². The van der Waals surface area contributed by atoms with E-state index in [0.29, 0.717) is 11.9 Å². The highest BCUT2D eigenvalue weighted by molar-refractivity contribution is 5.88. The minimum Gasteiger partial charge on any atom is -0.348 e. The third-order valence-electron chi connectivity index (χ3n) is 4.86. The first-order valence-corrected chi connectivity index (χ1v) is 9.28. The van der Waals surface area contributed by atoms with Crippen molar-refractivity contribution in [2.75, 3.05) is 37.4 Å². The molecule has 2 N–H and O–H groups in total. The summed E-state index contributed by atoms with van der Waals surface area (Å²) in [6.45, 7) is 4.35. The number of piperidine rings is 1. The maximum absolute atomic E-state index is 11.9. The molecule has 0 radical (unpaired) electrons. The van der Waals surface area contributed by atoms with Crippen LogP contribution in [0, 0.1) is 0 Å². The number of hydrogen-bond donors (Lipinski definition) is 2. The van der Waals surface area contributed by atoms with Crippen LogP contribution in [0.3, 0.4) is 0 Å². The number of amides is 1. The predicted molar refractivity (Wildman–Crippen MR) is 107 cm³/mol. The number of aromatic nitrogens is 2. The number of carbonyl (C=O) groups is 1. The van der Waals surface area contributed by atoms with Crippen molar-refractivity contribution in [3.63, 3.8) is 0 Å². The van der Waals surface area contributed by atoms with E-state index in [4.69, 9.17) is 0 Å². The van der Waals surface area contributed by atoms with Crippen molar-refractivity contribution in [3.8, 4) is 0 Å². The van der Waals surface area contributed by atoms with Gasteiger partial charge in [-0.05, 0) is 43.6 Å². The number of H-pyrrole nitrogens is 1. The van der Waals surface area contributed by atoms with Gasteiger partial charge in [-0.3, -0.25) is 19.5 Å². The van der Waals surface area contributed by atoms with Crippen molar-refractivity contribution in [1.82, 2.24) is 14.9 Å². The van der Waals surface area contributed by atoms with Crippen molar-refractivity contribution in [3.05, 3.63) is 51.9 Å². The highest BCUT2D eigenvalue weighted by Gasteiger charge is 2.22. The number of hydrogen-bond acceptors (Lipinski definition) is 5. The van der Waals surface area contributed by atoms with E-state index < -0.39 is 0 Å². The lowest BCUT2D eigenvalue weighted by Gasteiger charge is -2.31. The topological polar surface area (TPSA) is 81.3 Å². The minimum atomic E-state index is -0.0922. The summed E-state index contributed by atoms with van der Waals surface area (Å²) in [6, 6.07) is 9.62. The van der Waals surface area contributed by atoms with Gasteiger partial charge in [0.1, 0.15) is 0 Å². The van der Waals surface area contributed by atoms with Crippen LogP contribution < -0.4 is 15.8 Å². The van der Waals surface area contributed by atoms with E-state index in [1.165, 1.54) is 12.5 Å². The Morgan fingerprint density at radius 1 is 1.26 bits per heavy atom. The molecule has 1 amide bonds. The van der Waals surface area contributed by atoms with E-state index in [0.717, 1.165) is 43.9 Å². The molecule has 0 bridgehead atoms. The third-order valence-corrected chi connectivity index (χ3v) is 4.86. The lowest BCUT2D eigenvalue weighted by atomic mass is 9.93. The van der Waals surface area contributed by atoms with Crippen LogP contribution in [0.25, 0.3) is 0 Å². The molecule has 0 spiro atoms. The second-order valence-electron chi connectivity index (χ2n) is 7.32. The SMILES string of the molecule is CC(=O)Nc1ccc(CN2CCC(c3cc(=O)[nH]c(N(C)C)n3)CC2)cc1. The summed E-state index contributed by atoms with van der Waals surface area (Å²) in [7, 11) is 3.75. The molecule has 7 nitrogen and oxygen atoms in total. The van der Waals surface area contributed by atoms with Crippen molar-refractivity contribution in [1.29, 1.82) is 0 Å². The molecule has 1 aromatic heterocycles. The number of aromatic amines is 1. The smallest absolute Gasteiger partial charge is 0.252 e. The lowest BCUT2D eigenvalue weighted by molar-refractivity contribution is -0.114. The van der Waals surface area contributed by atoms with Gasteiger partial charge in [0.05, 0.1) is 5.69 Å². The largest absolute Gasteiger partial charge is 0.348 e. The van der Waals surface area contributed by atoms with E-state index in [-0.39, 0.29) is 11.5 Å². The number of rotatable bonds is 5. The molecule has 2 heterocycles. The number of nitrogens with zero attached hydrogens (tertiary/aromatic N) is 3. The van der Waals surface area contributed by atoms with Crippen LogP contribution in [-0.4, -0.2) is 48.0 Å². The molecule has 2 aromatic rings. The van der Waals surface area contributed by atoms with Crippen LogP contribution in [0.2, 0.25) is 0 Å². The standard InChI is InChI=1S/C20H27N5O2/c1-14(26)21-17-6-4-15(5-7-17)13-25-10-8-16(9-11-25)18-12-19(27)23-20(22-18)24(2)3/h4-7,12,16H,8-11,13H2,1-3H3,(H,21,26)(H,22,23,27). The predicted octanol–water partition coefficient (Wildman–Crippen LogP) is 2.17. The van der Waals surface area contributed by atoms with Crippen LogP contribution in [-0.2, 0) is 11.3 Å². The maximum Gasteiger partial charge on any atom is 0.252 e. The van der Waals surface area contributed by atoms with E-state index in [2.05, 4.69) is 32.3 Å². The molecule has 1 aliphatic heterocycles. The summed E-state index contributed by atoms with van der Waals surface area (Å²) in [5, 5.41) is 2.79. The van der Waals surface area contributed by atoms with Crippen molar-refractivity contribution in [2.45, 2.75) is 32.2 Å². The highest BCUT2D eigenvalue weighted by atomic mass is 16.1. The monoisotopic (exact) mass is 369 g/mol. The van der Waals surface area contributed by atoms with Crippen molar-refractivity contribution >= 4 is 17.5 Å². The van der Waals surface area contributed by atoms with Gasteiger partial charge in [-0.1, -0.05) is 12.1 Å². The molecule has 1 aliphatic rings. The molecule has 3 rings (SSSR count). The highest BCUT2D eigenvalue weighted by Crippen LogP contribution is 2.27. The van der Waals surface area contributed by atoms with Crippen molar-refractivity contribution in [2.24, 2.45) is 0 Å². The fourth-order valence-electron chi connectivity index (χ4n) is 3.43. The average Bonchev–Trinajstić information content (AvgIpc) is 2.63. The van der Waals surface area contributed by atoms with Gasteiger partial charge in [0.15, 0.2) is 0 Å². The van der Waals surface area contributed by atoms with Crippen LogP contribution in [0.5, 0.6) is 0 Å². The Morgan fingerprint density at radius 3 is 2.52 bits per heavy atom. The van der Waals surface area contributed by atoms with Crippen LogP contribution >= 0.6 is 0 Å². The summed E-state index contributed by atoms with van der Waals surface area (Å²) in [5.41, 5.74) is 2.85. The van der Waals surface area contributed by atoms with Gasteiger partial charge >= 0.3 is 0 Å². The quantitative estimate of drug-likeness (QED) is 0.844. The van der Waals surface area contributed by atoms with Gasteiger partial charge in [0.25, 0.3) is 5.56 Å². The van der Waals surface area contributed by atoms with Crippen LogP contribution in [0.4, 0.5) is 11.6 Å². The fraction of sp³-hybridized carbons (Fsp3) is 0.450. The molecular formula is C20H27N5O2. The Bertz CT molecular complexity index is 836. The Morgan fingerprint density at radius 2 is 1.93 bits per heavy atom. The normalized spacial score (nSPS) is 15.5. The second kappa shape index (κ2) is 8.35. The molecule has 0 saturated carbocycles. The third kappa shape index (κ3) is 5.17. The Hall–Kier alpha value is -2.67. The molecule has 7 heteroatoms. The zero-order valence-corrected chi connectivity index (χ0v) is 16.2. The van der Waals surface area contributed by atoms with Gasteiger partial charge < -0.3 is 10.2 Å². The van der Waals surface area contributed by atoms with Gasteiger partial charge in [-0.15, -0.1) is 0 Å². The zero-order valence-electron chi connectivity index (χ0n) is 16.2. The molecule has 1 fully saturated rings. The molecule has 144 valence electrons. The van der Waals surface area contributed by atoms with Gasteiger partial charge in [-0.2, -0.15) is 0 Å². The minimum absolute atomic E-state index is 0.0596. The summed E-state index contributed by atoms with van der Waals surface area (Å²) in [4.78, 5) is 34.6. The average molecular weight is 369 g/mol. The number of nitrogens with one attached hydrogen (secondary N) is 2. The van der Waals surface area contributed by atoms with E-state index in [1.54, 1.807) is 6.07 Å². The summed E-state index contributed by atoms with van der Waals surface area (Å²) >= 11 is 0. The lowest BCUT2D eigenvalue weighted by Crippen LogP contribution is -2.33. The van der Waals surface area contributed by atoms with E-state index in [1.807, 2.05) is 31.1 Å². The van der Waals surface area contributed by atoms with E-state index >= 15 is 0 Å². The molecular weight excluding hydrogens is 342 g/mol. The van der Waals surface area contributed by atoms with Gasteiger partial charge in [0.2, 0.25) is 11.9 Å². The Kier molecular flexibility index (Phi) is 5.91. The molecule has 0 aliphatic carbocycles. The number of carbonyl (C=O) groups excluding carboxylic acids is 1. The summed E-state index contributed by atoms with van der Waals surface area (Å²) in [5.74, 6) is 0.874. The van der Waals surface area contributed by atoms with Crippen LogP contribution in [0.1, 0.15) is 36.9 Å². The number of benzene rings is 1. The molecule has 0 unspecified atom stereocenters. The summed E-state index contributed by atoms with van der Waals surface area (Å²) < 4.78 is 0. The first kappa shape index (κ1) is 19.1. The Labute approximate surface area is 159 Å². The first-order chi connectivity index (χ1) is 12.9. The van der Waals surface area contributed by atoms with Crippen LogP contribution in [0.15, 0.2) is 35.1 Å². The number of likely N-dealkylation sites (tertiary alicyclic amines) is 1. The Balaban J connectivity index is 1.57. The van der Waals surface area contributed by atoms with Gasteiger partial charge in [-0.25, -0.2) is 4.98 Å². The maximum atomic E-state index is 11.9. The molecule has 27 heavy (non-hydrogen) atoms.